The van der Waals surface area contributed by atoms with Crippen molar-refractivity contribution in [2.45, 2.75) is 0 Å². The molecule has 11 rings (SSSR count). The SMILES string of the molecule is c1ccc(Oc2cnc(-c3ccc4c(c3)oc3ccc(-c5nc(-c6ccccc6)nc(-c6ccc7sc8ccccc8c7c6)n5)cc34)nc2-c2ccccc2)cc1. The number of ether oxygens (including phenoxy) is 1. The number of rotatable bonds is 7. The lowest BCUT2D eigenvalue weighted by molar-refractivity contribution is 0.480. The third-order valence-corrected chi connectivity index (χ3v) is 11.2. The van der Waals surface area contributed by atoms with Crippen molar-refractivity contribution in [3.05, 3.63) is 176 Å². The molecule has 0 aliphatic rings. The van der Waals surface area contributed by atoms with Crippen LogP contribution in [0.1, 0.15) is 0 Å². The van der Waals surface area contributed by atoms with E-state index in [2.05, 4.69) is 54.6 Å². The van der Waals surface area contributed by atoms with Gasteiger partial charge in [-0.05, 0) is 66.7 Å². The summed E-state index contributed by atoms with van der Waals surface area (Å²) < 4.78 is 15.2. The highest BCUT2D eigenvalue weighted by molar-refractivity contribution is 7.25. The van der Waals surface area contributed by atoms with Crippen LogP contribution >= 0.6 is 11.3 Å². The second-order valence-electron chi connectivity index (χ2n) is 13.7. The standard InChI is InChI=1S/C49H29N5O2S/c1-4-12-30(13-5-1)45-42(55-35-16-8-3-9-17-35)29-50-46(51-45)34-20-23-36-38-26-32(21-24-40(38)56-41(36)28-34)48-52-47(31-14-6-2-7-15-31)53-49(54-48)33-22-25-44-39(27-33)37-18-10-11-19-43(37)57-44/h1-29H. The van der Waals surface area contributed by atoms with E-state index in [-0.39, 0.29) is 0 Å². The first-order valence-corrected chi connectivity index (χ1v) is 19.4. The minimum atomic E-state index is 0.567. The fourth-order valence-corrected chi connectivity index (χ4v) is 8.36. The van der Waals surface area contributed by atoms with E-state index in [0.717, 1.165) is 49.8 Å². The first-order valence-electron chi connectivity index (χ1n) is 18.6. The lowest BCUT2D eigenvalue weighted by Gasteiger charge is -2.12. The number of aromatic nitrogens is 5. The van der Waals surface area contributed by atoms with E-state index in [0.29, 0.717) is 40.5 Å². The topological polar surface area (TPSA) is 86.8 Å². The molecule has 0 aliphatic carbocycles. The van der Waals surface area contributed by atoms with Crippen LogP contribution in [0.4, 0.5) is 0 Å². The molecule has 268 valence electrons. The number of para-hydroxylation sites is 1. The summed E-state index contributed by atoms with van der Waals surface area (Å²) in [7, 11) is 0. The quantitative estimate of drug-likeness (QED) is 0.160. The summed E-state index contributed by atoms with van der Waals surface area (Å²) in [5.41, 5.74) is 6.67. The molecule has 0 saturated heterocycles. The Hall–Kier alpha value is -7.55. The van der Waals surface area contributed by atoms with Crippen LogP contribution in [0.25, 0.3) is 98.9 Å². The average Bonchev–Trinajstić information content (AvgIpc) is 3.84. The molecule has 0 saturated carbocycles. The maximum atomic E-state index is 6.45. The highest BCUT2D eigenvalue weighted by atomic mass is 32.1. The number of thiophene rings is 1. The number of furan rings is 1. The van der Waals surface area contributed by atoms with Gasteiger partial charge in [-0.15, -0.1) is 11.3 Å². The summed E-state index contributed by atoms with van der Waals surface area (Å²) in [5.74, 6) is 3.67. The zero-order valence-corrected chi connectivity index (χ0v) is 31.0. The number of hydrogen-bond donors (Lipinski definition) is 0. The smallest absolute Gasteiger partial charge is 0.172 e. The van der Waals surface area contributed by atoms with Crippen LogP contribution < -0.4 is 4.74 Å². The molecular formula is C49H29N5O2S. The highest BCUT2D eigenvalue weighted by Gasteiger charge is 2.18. The van der Waals surface area contributed by atoms with Gasteiger partial charge in [-0.1, -0.05) is 103 Å². The maximum absolute atomic E-state index is 6.45. The van der Waals surface area contributed by atoms with E-state index >= 15 is 0 Å². The van der Waals surface area contributed by atoms with Crippen LogP contribution in [0.5, 0.6) is 11.5 Å². The van der Waals surface area contributed by atoms with Crippen LogP contribution in [0.15, 0.2) is 180 Å². The molecule has 0 amide bonds. The minimum Gasteiger partial charge on any atom is -0.456 e. The molecule has 0 radical (unpaired) electrons. The molecule has 0 spiro atoms. The van der Waals surface area contributed by atoms with Gasteiger partial charge in [0.05, 0.1) is 6.20 Å². The zero-order chi connectivity index (χ0) is 37.7. The molecule has 0 unspecified atom stereocenters. The molecule has 7 aromatic carbocycles. The number of benzene rings is 7. The van der Waals surface area contributed by atoms with Gasteiger partial charge in [-0.3, -0.25) is 0 Å². The fourth-order valence-electron chi connectivity index (χ4n) is 7.27. The van der Waals surface area contributed by atoms with Gasteiger partial charge in [0.25, 0.3) is 0 Å². The monoisotopic (exact) mass is 751 g/mol. The van der Waals surface area contributed by atoms with Crippen LogP contribution in [-0.2, 0) is 0 Å². The van der Waals surface area contributed by atoms with E-state index in [1.807, 2.05) is 115 Å². The predicted molar refractivity (Wildman–Crippen MR) is 229 cm³/mol. The van der Waals surface area contributed by atoms with Crippen molar-refractivity contribution in [2.75, 3.05) is 0 Å². The van der Waals surface area contributed by atoms with E-state index in [4.69, 9.17) is 34.1 Å². The largest absolute Gasteiger partial charge is 0.456 e. The zero-order valence-electron chi connectivity index (χ0n) is 30.2. The van der Waals surface area contributed by atoms with E-state index in [1.165, 1.54) is 20.2 Å². The molecule has 8 heteroatoms. The molecule has 4 heterocycles. The molecule has 57 heavy (non-hydrogen) atoms. The Morgan fingerprint density at radius 2 is 1.00 bits per heavy atom. The summed E-state index contributed by atoms with van der Waals surface area (Å²) in [4.78, 5) is 24.9. The third-order valence-electron chi connectivity index (χ3n) is 10.1. The molecule has 0 atom stereocenters. The number of nitrogens with zero attached hydrogens (tertiary/aromatic N) is 5. The van der Waals surface area contributed by atoms with Crippen molar-refractivity contribution in [1.82, 2.24) is 24.9 Å². The van der Waals surface area contributed by atoms with Gasteiger partial charge < -0.3 is 9.15 Å². The summed E-state index contributed by atoms with van der Waals surface area (Å²) in [6.07, 6.45) is 1.74. The molecule has 0 fully saturated rings. The first-order chi connectivity index (χ1) is 28.2. The first kappa shape index (κ1) is 32.8. The Morgan fingerprint density at radius 3 is 1.77 bits per heavy atom. The number of hydrogen-bond acceptors (Lipinski definition) is 8. The molecule has 0 bridgehead atoms. The van der Waals surface area contributed by atoms with Crippen molar-refractivity contribution in [3.63, 3.8) is 0 Å². The lowest BCUT2D eigenvalue weighted by Crippen LogP contribution is -2.00. The van der Waals surface area contributed by atoms with Gasteiger partial charge in [-0.2, -0.15) is 0 Å². The molecule has 0 aliphatic heterocycles. The Kier molecular flexibility index (Phi) is 7.86. The van der Waals surface area contributed by atoms with Crippen molar-refractivity contribution < 1.29 is 9.15 Å². The summed E-state index contributed by atoms with van der Waals surface area (Å²) in [5, 5.41) is 4.35. The Bertz CT molecular complexity index is 3270. The Balaban J connectivity index is 0.995. The summed E-state index contributed by atoms with van der Waals surface area (Å²) >= 11 is 1.79. The van der Waals surface area contributed by atoms with Gasteiger partial charge in [0.1, 0.15) is 22.6 Å². The Morgan fingerprint density at radius 1 is 0.404 bits per heavy atom. The predicted octanol–water partition coefficient (Wildman–Crippen LogP) is 13.1. The van der Waals surface area contributed by atoms with E-state index < -0.39 is 0 Å². The van der Waals surface area contributed by atoms with E-state index in [1.54, 1.807) is 17.5 Å². The van der Waals surface area contributed by atoms with Crippen molar-refractivity contribution in [1.29, 1.82) is 0 Å². The van der Waals surface area contributed by atoms with Gasteiger partial charge in [0, 0.05) is 58.8 Å². The average molecular weight is 752 g/mol. The lowest BCUT2D eigenvalue weighted by atomic mass is 10.1. The van der Waals surface area contributed by atoms with Gasteiger partial charge >= 0.3 is 0 Å². The highest BCUT2D eigenvalue weighted by Crippen LogP contribution is 2.39. The molecule has 7 nitrogen and oxygen atoms in total. The third kappa shape index (κ3) is 6.05. The molecule has 4 aromatic heterocycles. The van der Waals surface area contributed by atoms with Crippen LogP contribution in [0.3, 0.4) is 0 Å². The number of fused-ring (bicyclic) bond motifs is 6. The van der Waals surface area contributed by atoms with E-state index in [9.17, 15) is 0 Å². The minimum absolute atomic E-state index is 0.567. The van der Waals surface area contributed by atoms with Crippen molar-refractivity contribution >= 4 is 53.4 Å². The summed E-state index contributed by atoms with van der Waals surface area (Å²) in [6, 6.07) is 56.9. The second-order valence-corrected chi connectivity index (χ2v) is 14.8. The molecule has 0 N–H and O–H groups in total. The maximum Gasteiger partial charge on any atom is 0.172 e. The summed E-state index contributed by atoms with van der Waals surface area (Å²) in [6.45, 7) is 0. The van der Waals surface area contributed by atoms with Crippen molar-refractivity contribution in [3.8, 4) is 68.3 Å². The normalized spacial score (nSPS) is 11.5. The Labute approximate surface area is 330 Å². The molecular weight excluding hydrogens is 723 g/mol. The van der Waals surface area contributed by atoms with Crippen LogP contribution in [0.2, 0.25) is 0 Å². The van der Waals surface area contributed by atoms with Crippen LogP contribution in [0, 0.1) is 0 Å². The van der Waals surface area contributed by atoms with Gasteiger partial charge in [0.15, 0.2) is 29.0 Å². The molecule has 11 aromatic rings. The van der Waals surface area contributed by atoms with Crippen LogP contribution in [-0.4, -0.2) is 24.9 Å². The van der Waals surface area contributed by atoms with Gasteiger partial charge in [-0.25, -0.2) is 24.9 Å². The second kappa shape index (κ2) is 13.6. The van der Waals surface area contributed by atoms with Gasteiger partial charge in [0.2, 0.25) is 0 Å². The van der Waals surface area contributed by atoms with Crippen molar-refractivity contribution in [2.24, 2.45) is 0 Å². The fraction of sp³-hybridized carbons (Fsp3) is 0.